The van der Waals surface area contributed by atoms with Gasteiger partial charge in [-0.25, -0.2) is 4.79 Å². The molecular weight excluding hydrogens is 430 g/mol. The van der Waals surface area contributed by atoms with Crippen molar-refractivity contribution < 1.29 is 14.3 Å². The molecule has 0 unspecified atom stereocenters. The summed E-state index contributed by atoms with van der Waals surface area (Å²) in [6.45, 7) is 10.8. The third-order valence-corrected chi connectivity index (χ3v) is 6.12. The van der Waals surface area contributed by atoms with Gasteiger partial charge >= 0.3 is 5.97 Å². The molecule has 2 rings (SSSR count). The Bertz CT molecular complexity index is 896. The Labute approximate surface area is 195 Å². The molecule has 0 saturated heterocycles. The van der Waals surface area contributed by atoms with Gasteiger partial charge in [0.2, 0.25) is 0 Å². The Morgan fingerprint density at radius 2 is 1.68 bits per heavy atom. The number of benzene rings is 2. The average molecular weight is 462 g/mol. The number of halogens is 1. The van der Waals surface area contributed by atoms with Crippen LogP contribution in [-0.4, -0.2) is 29.9 Å². The van der Waals surface area contributed by atoms with Gasteiger partial charge < -0.3 is 10.1 Å². The van der Waals surface area contributed by atoms with E-state index >= 15 is 0 Å². The van der Waals surface area contributed by atoms with Crippen molar-refractivity contribution >= 4 is 35.2 Å². The third-order valence-electron chi connectivity index (χ3n) is 5.23. The quantitative estimate of drug-likeness (QED) is 0.501. The van der Waals surface area contributed by atoms with Crippen LogP contribution >= 0.6 is 23.4 Å². The highest BCUT2D eigenvalue weighted by atomic mass is 35.5. The Morgan fingerprint density at radius 1 is 1.10 bits per heavy atom. The highest BCUT2D eigenvalue weighted by molar-refractivity contribution is 7.98. The molecule has 0 fully saturated rings. The minimum absolute atomic E-state index is 0.0551. The second kappa shape index (κ2) is 11.1. The number of carbonyl (C=O) groups excluding carboxylic acids is 2. The molecule has 1 atom stereocenters. The van der Waals surface area contributed by atoms with Crippen LogP contribution in [0.2, 0.25) is 5.02 Å². The Hall–Kier alpha value is -1.98. The molecule has 0 aliphatic heterocycles. The lowest BCUT2D eigenvalue weighted by molar-refractivity contribution is -0.147. The second-order valence-electron chi connectivity index (χ2n) is 8.76. The SMILES string of the molecule is CSCC[C@@H](NC(=O)c1ccc(Cl)cc1)C(=O)OCc1c(C)cc(C(C)(C)C)cc1C. The maximum Gasteiger partial charge on any atom is 0.329 e. The van der Waals surface area contributed by atoms with E-state index in [9.17, 15) is 9.59 Å². The molecule has 1 N–H and O–H groups in total. The van der Waals surface area contributed by atoms with Crippen molar-refractivity contribution in [3.05, 3.63) is 69.2 Å². The Balaban J connectivity index is 2.10. The Morgan fingerprint density at radius 3 is 2.19 bits per heavy atom. The van der Waals surface area contributed by atoms with Crippen molar-refractivity contribution in [3.8, 4) is 0 Å². The van der Waals surface area contributed by atoms with Gasteiger partial charge in [-0.2, -0.15) is 11.8 Å². The summed E-state index contributed by atoms with van der Waals surface area (Å²) in [5, 5.41) is 3.37. The number of hydrogen-bond acceptors (Lipinski definition) is 4. The van der Waals surface area contributed by atoms with E-state index < -0.39 is 12.0 Å². The summed E-state index contributed by atoms with van der Waals surface area (Å²) in [4.78, 5) is 25.4. The standard InChI is InChI=1S/C25H32ClNO3S/c1-16-13-19(25(3,4)5)14-17(2)21(16)15-30-24(29)22(11-12-31-6)27-23(28)18-7-9-20(26)10-8-18/h7-10,13-14,22H,11-12,15H2,1-6H3,(H,27,28)/t22-/m1/s1. The van der Waals surface area contributed by atoms with E-state index in [0.29, 0.717) is 17.0 Å². The number of rotatable bonds is 8. The van der Waals surface area contributed by atoms with Crippen LogP contribution < -0.4 is 5.32 Å². The monoisotopic (exact) mass is 461 g/mol. The van der Waals surface area contributed by atoms with Gasteiger partial charge in [-0.3, -0.25) is 4.79 Å². The number of ether oxygens (including phenoxy) is 1. The highest BCUT2D eigenvalue weighted by Gasteiger charge is 2.23. The average Bonchev–Trinajstić information content (AvgIpc) is 2.69. The molecule has 0 aliphatic carbocycles. The first kappa shape index (κ1) is 25.3. The van der Waals surface area contributed by atoms with Crippen LogP contribution in [-0.2, 0) is 21.6 Å². The van der Waals surface area contributed by atoms with Crippen molar-refractivity contribution in [1.82, 2.24) is 5.32 Å². The van der Waals surface area contributed by atoms with Gasteiger partial charge in [0.05, 0.1) is 0 Å². The molecule has 0 aromatic heterocycles. The number of esters is 1. The van der Waals surface area contributed by atoms with Crippen molar-refractivity contribution in [1.29, 1.82) is 0 Å². The van der Waals surface area contributed by atoms with E-state index in [1.54, 1.807) is 36.0 Å². The third kappa shape index (κ3) is 7.29. The summed E-state index contributed by atoms with van der Waals surface area (Å²) < 4.78 is 5.65. The zero-order valence-electron chi connectivity index (χ0n) is 19.2. The molecule has 4 nitrogen and oxygen atoms in total. The van der Waals surface area contributed by atoms with Crippen LogP contribution in [0.3, 0.4) is 0 Å². The minimum atomic E-state index is -0.704. The summed E-state index contributed by atoms with van der Waals surface area (Å²) in [6, 6.07) is 10.2. The largest absolute Gasteiger partial charge is 0.459 e. The predicted octanol–water partition coefficient (Wildman–Crippen LogP) is 5.85. The van der Waals surface area contributed by atoms with Gasteiger partial charge in [0.25, 0.3) is 5.91 Å². The molecule has 168 valence electrons. The van der Waals surface area contributed by atoms with Crippen molar-refractivity contribution in [2.75, 3.05) is 12.0 Å². The molecule has 0 saturated carbocycles. The molecule has 0 spiro atoms. The lowest BCUT2D eigenvalue weighted by Crippen LogP contribution is -2.42. The molecule has 6 heteroatoms. The van der Waals surface area contributed by atoms with Crippen LogP contribution in [0.1, 0.15) is 59.8 Å². The topological polar surface area (TPSA) is 55.4 Å². The predicted molar refractivity (Wildman–Crippen MR) is 130 cm³/mol. The maximum absolute atomic E-state index is 12.8. The minimum Gasteiger partial charge on any atom is -0.459 e. The van der Waals surface area contributed by atoms with E-state index in [2.05, 4.69) is 38.2 Å². The number of amides is 1. The maximum atomic E-state index is 12.8. The van der Waals surface area contributed by atoms with Gasteiger partial charge in [0.1, 0.15) is 12.6 Å². The number of nitrogens with one attached hydrogen (secondary N) is 1. The smallest absolute Gasteiger partial charge is 0.329 e. The molecule has 0 radical (unpaired) electrons. The molecule has 1 amide bonds. The second-order valence-corrected chi connectivity index (χ2v) is 10.2. The normalized spacial score (nSPS) is 12.4. The first-order chi connectivity index (χ1) is 14.5. The molecule has 0 aliphatic rings. The fourth-order valence-electron chi connectivity index (χ4n) is 3.23. The van der Waals surface area contributed by atoms with Gasteiger partial charge in [-0.1, -0.05) is 44.5 Å². The zero-order valence-corrected chi connectivity index (χ0v) is 20.7. The number of thioether (sulfide) groups is 1. The molecule has 31 heavy (non-hydrogen) atoms. The lowest BCUT2D eigenvalue weighted by Gasteiger charge is -2.23. The Kier molecular flexibility index (Phi) is 9.01. The number of aryl methyl sites for hydroxylation is 2. The fraction of sp³-hybridized carbons (Fsp3) is 0.440. The van der Waals surface area contributed by atoms with Crippen LogP contribution in [0, 0.1) is 13.8 Å². The van der Waals surface area contributed by atoms with Gasteiger partial charge in [0, 0.05) is 10.6 Å². The summed E-state index contributed by atoms with van der Waals surface area (Å²) in [5.41, 5.74) is 4.97. The van der Waals surface area contributed by atoms with Crippen LogP contribution in [0.5, 0.6) is 0 Å². The van der Waals surface area contributed by atoms with E-state index in [0.717, 1.165) is 22.4 Å². The first-order valence-electron chi connectivity index (χ1n) is 10.4. The van der Waals surface area contributed by atoms with E-state index in [-0.39, 0.29) is 17.9 Å². The van der Waals surface area contributed by atoms with Crippen LogP contribution in [0.15, 0.2) is 36.4 Å². The highest BCUT2D eigenvalue weighted by Crippen LogP contribution is 2.27. The molecule has 0 bridgehead atoms. The van der Waals surface area contributed by atoms with E-state index in [1.165, 1.54) is 5.56 Å². The fourth-order valence-corrected chi connectivity index (χ4v) is 3.82. The van der Waals surface area contributed by atoms with Crippen LogP contribution in [0.4, 0.5) is 0 Å². The zero-order chi connectivity index (χ0) is 23.2. The summed E-state index contributed by atoms with van der Waals surface area (Å²) in [5.74, 6) is -0.00407. The first-order valence-corrected chi connectivity index (χ1v) is 12.1. The van der Waals surface area contributed by atoms with Crippen LogP contribution in [0.25, 0.3) is 0 Å². The summed E-state index contributed by atoms with van der Waals surface area (Å²) in [7, 11) is 0. The summed E-state index contributed by atoms with van der Waals surface area (Å²) >= 11 is 7.51. The van der Waals surface area contributed by atoms with Crippen molar-refractivity contribution in [2.45, 2.75) is 59.1 Å². The molecule has 2 aromatic rings. The van der Waals surface area contributed by atoms with E-state index in [4.69, 9.17) is 16.3 Å². The molecular formula is C25H32ClNO3S. The van der Waals surface area contributed by atoms with Crippen molar-refractivity contribution in [3.63, 3.8) is 0 Å². The van der Waals surface area contributed by atoms with Gasteiger partial charge in [0.15, 0.2) is 0 Å². The number of hydrogen-bond donors (Lipinski definition) is 1. The molecule has 0 heterocycles. The summed E-state index contributed by atoms with van der Waals surface area (Å²) in [6.07, 6.45) is 2.47. The van der Waals surface area contributed by atoms with Gasteiger partial charge in [-0.15, -0.1) is 0 Å². The van der Waals surface area contributed by atoms with Crippen molar-refractivity contribution in [2.24, 2.45) is 0 Å². The van der Waals surface area contributed by atoms with Gasteiger partial charge in [-0.05, 0) is 84.2 Å². The lowest BCUT2D eigenvalue weighted by atomic mass is 9.84. The number of carbonyl (C=O) groups is 2. The van der Waals surface area contributed by atoms with E-state index in [1.807, 2.05) is 20.1 Å². The molecule has 2 aromatic carbocycles.